The van der Waals surface area contributed by atoms with Crippen LogP contribution in [-0.4, -0.2) is 54.3 Å². The lowest BCUT2D eigenvalue weighted by Crippen LogP contribution is -2.36. The van der Waals surface area contributed by atoms with Crippen LogP contribution >= 0.6 is 0 Å². The van der Waals surface area contributed by atoms with Gasteiger partial charge in [-0.15, -0.1) is 0 Å². The van der Waals surface area contributed by atoms with Crippen molar-refractivity contribution in [2.24, 2.45) is 5.92 Å². The first-order valence-electron chi connectivity index (χ1n) is 12.1. The molecule has 6 rings (SSSR count). The average Bonchev–Trinajstić information content (AvgIpc) is 3.74. The lowest BCUT2D eigenvalue weighted by Gasteiger charge is -2.29. The largest absolute Gasteiger partial charge is 0.490 e. The third-order valence-electron chi connectivity index (χ3n) is 6.35. The molecule has 176 valence electrons. The zero-order chi connectivity index (χ0) is 23.1. The van der Waals surface area contributed by atoms with Crippen LogP contribution in [0.1, 0.15) is 67.7 Å². The lowest BCUT2D eigenvalue weighted by molar-refractivity contribution is 0.0669. The van der Waals surface area contributed by atoms with Crippen LogP contribution in [0.4, 0.5) is 0 Å². The quantitative estimate of drug-likeness (QED) is 0.455. The second-order valence-electron chi connectivity index (χ2n) is 9.48. The Balaban J connectivity index is 1.32. The van der Waals surface area contributed by atoms with Gasteiger partial charge in [-0.1, -0.05) is 0 Å². The van der Waals surface area contributed by atoms with Crippen molar-refractivity contribution in [1.29, 1.82) is 0 Å². The summed E-state index contributed by atoms with van der Waals surface area (Å²) in [6.45, 7) is 2.64. The van der Waals surface area contributed by atoms with E-state index in [0.717, 1.165) is 38.5 Å². The van der Waals surface area contributed by atoms with Crippen LogP contribution < -0.4 is 9.47 Å². The molecule has 3 aliphatic carbocycles. The highest BCUT2D eigenvalue weighted by molar-refractivity contribution is 5.95. The zero-order valence-corrected chi connectivity index (χ0v) is 19.2. The minimum absolute atomic E-state index is 0.0650. The Morgan fingerprint density at radius 2 is 1.65 bits per heavy atom. The Bertz CT molecular complexity index is 1140. The number of carbonyl (C=O) groups excluding carboxylic acids is 1. The van der Waals surface area contributed by atoms with Gasteiger partial charge >= 0.3 is 0 Å². The zero-order valence-electron chi connectivity index (χ0n) is 19.2. The first kappa shape index (κ1) is 21.1. The second kappa shape index (κ2) is 8.70. The van der Waals surface area contributed by atoms with Gasteiger partial charge in [-0.3, -0.25) is 4.79 Å². The third kappa shape index (κ3) is 4.73. The number of carbonyl (C=O) groups is 1. The number of ether oxygens (including phenoxy) is 2. The maximum Gasteiger partial charge on any atom is 0.254 e. The van der Waals surface area contributed by atoms with Gasteiger partial charge in [0.25, 0.3) is 11.9 Å². The van der Waals surface area contributed by atoms with Gasteiger partial charge in [0.1, 0.15) is 17.8 Å². The van der Waals surface area contributed by atoms with Gasteiger partial charge < -0.3 is 14.4 Å². The summed E-state index contributed by atoms with van der Waals surface area (Å²) in [4.78, 5) is 28.9. The molecule has 1 unspecified atom stereocenters. The highest BCUT2D eigenvalue weighted by atomic mass is 16.5. The van der Waals surface area contributed by atoms with Crippen LogP contribution in [0, 0.1) is 5.92 Å². The molecule has 1 amide bonds. The molecule has 0 aliphatic heterocycles. The molecule has 0 spiro atoms. The van der Waals surface area contributed by atoms with E-state index in [1.165, 1.54) is 6.33 Å². The Kier molecular flexibility index (Phi) is 5.39. The van der Waals surface area contributed by atoms with E-state index in [1.54, 1.807) is 23.1 Å². The summed E-state index contributed by atoms with van der Waals surface area (Å²) in [6.07, 6.45) is 11.8. The average molecular weight is 461 g/mol. The van der Waals surface area contributed by atoms with Crippen molar-refractivity contribution in [2.45, 2.75) is 63.7 Å². The van der Waals surface area contributed by atoms with Crippen molar-refractivity contribution < 1.29 is 14.3 Å². The van der Waals surface area contributed by atoms with Crippen molar-refractivity contribution in [3.63, 3.8) is 0 Å². The maximum absolute atomic E-state index is 13.9. The molecule has 34 heavy (non-hydrogen) atoms. The Morgan fingerprint density at radius 1 is 1.00 bits per heavy atom. The fraction of sp³-hybridized carbons (Fsp3) is 0.480. The molecule has 1 atom stereocenters. The molecule has 3 aromatic rings. The molecule has 3 aliphatic rings. The van der Waals surface area contributed by atoms with Crippen LogP contribution in [0.15, 0.2) is 43.0 Å². The van der Waals surface area contributed by atoms with Crippen molar-refractivity contribution >= 4 is 5.91 Å². The van der Waals surface area contributed by atoms with Gasteiger partial charge in [0.05, 0.1) is 18.2 Å². The van der Waals surface area contributed by atoms with Crippen LogP contribution in [0.3, 0.4) is 0 Å². The first-order chi connectivity index (χ1) is 16.6. The van der Waals surface area contributed by atoms with Gasteiger partial charge in [0, 0.05) is 30.6 Å². The van der Waals surface area contributed by atoms with E-state index in [2.05, 4.69) is 20.1 Å². The van der Waals surface area contributed by atoms with Crippen LogP contribution in [0.25, 0.3) is 5.95 Å². The predicted molar refractivity (Wildman–Crippen MR) is 123 cm³/mol. The normalized spacial score (nSPS) is 18.4. The summed E-state index contributed by atoms with van der Waals surface area (Å²) >= 11 is 0. The molecule has 0 bridgehead atoms. The number of rotatable bonds is 10. The Morgan fingerprint density at radius 3 is 2.24 bits per heavy atom. The number of hydrogen-bond donors (Lipinski definition) is 0. The second-order valence-corrected chi connectivity index (χ2v) is 9.48. The van der Waals surface area contributed by atoms with E-state index in [1.807, 2.05) is 30.0 Å². The van der Waals surface area contributed by atoms with Crippen LogP contribution in [0.5, 0.6) is 11.5 Å². The minimum atomic E-state index is -0.319. The van der Waals surface area contributed by atoms with Gasteiger partial charge in [0.15, 0.2) is 5.82 Å². The topological polar surface area (TPSA) is 95.3 Å². The summed E-state index contributed by atoms with van der Waals surface area (Å²) in [7, 11) is 0. The Hall–Kier alpha value is -3.49. The highest BCUT2D eigenvalue weighted by Gasteiger charge is 2.34. The van der Waals surface area contributed by atoms with Crippen LogP contribution in [-0.2, 0) is 0 Å². The summed E-state index contributed by atoms with van der Waals surface area (Å²) in [5, 5.41) is 4.33. The molecule has 0 saturated heterocycles. The van der Waals surface area contributed by atoms with Gasteiger partial charge in [-0.2, -0.15) is 9.78 Å². The van der Waals surface area contributed by atoms with E-state index >= 15 is 0 Å². The third-order valence-corrected chi connectivity index (χ3v) is 6.35. The minimum Gasteiger partial charge on any atom is -0.490 e. The maximum atomic E-state index is 13.9. The SMILES string of the molecule is CC(c1ncnn1-c1ncccn1)N(CC1CC1)C(=O)c1cc(OC2CC2)cc(OC2CC2)c1. The van der Waals surface area contributed by atoms with Gasteiger partial charge in [-0.05, 0) is 69.6 Å². The standard InChI is InChI=1S/C25H28N6O3/c1-16(23-28-15-29-31(23)25-26-9-2-10-27-25)30(14-17-3-4-17)24(32)18-11-21(33-19-5-6-19)13-22(12-18)34-20-7-8-20/h2,9-13,15-17,19-20H,3-8,14H2,1H3. The van der Waals surface area contributed by atoms with Crippen LogP contribution in [0.2, 0.25) is 0 Å². The van der Waals surface area contributed by atoms with E-state index in [4.69, 9.17) is 9.47 Å². The molecule has 3 saturated carbocycles. The highest BCUT2D eigenvalue weighted by Crippen LogP contribution is 2.36. The molecule has 2 aromatic heterocycles. The van der Waals surface area contributed by atoms with E-state index in [-0.39, 0.29) is 24.2 Å². The first-order valence-corrected chi connectivity index (χ1v) is 12.1. The molecule has 9 nitrogen and oxygen atoms in total. The summed E-state index contributed by atoms with van der Waals surface area (Å²) in [5.74, 6) is 2.89. The smallest absolute Gasteiger partial charge is 0.254 e. The van der Waals surface area contributed by atoms with E-state index in [9.17, 15) is 4.79 Å². The van der Waals surface area contributed by atoms with E-state index in [0.29, 0.717) is 41.3 Å². The molecule has 0 radical (unpaired) electrons. The molecular formula is C25H28N6O3. The summed E-state index contributed by atoms with van der Waals surface area (Å²) in [6, 6.07) is 7.03. The fourth-order valence-corrected chi connectivity index (χ4v) is 3.98. The predicted octanol–water partition coefficient (Wildman–Crippen LogP) is 3.75. The molecule has 2 heterocycles. The van der Waals surface area contributed by atoms with Gasteiger partial charge in [0.2, 0.25) is 0 Å². The van der Waals surface area contributed by atoms with Crippen molar-refractivity contribution in [1.82, 2.24) is 29.6 Å². The van der Waals surface area contributed by atoms with Crippen molar-refractivity contribution in [2.75, 3.05) is 6.54 Å². The number of benzene rings is 1. The monoisotopic (exact) mass is 460 g/mol. The number of amides is 1. The Labute approximate surface area is 198 Å². The molecular weight excluding hydrogens is 432 g/mol. The molecule has 3 fully saturated rings. The number of hydrogen-bond acceptors (Lipinski definition) is 7. The molecule has 1 aromatic carbocycles. The number of nitrogens with zero attached hydrogens (tertiary/aromatic N) is 6. The van der Waals surface area contributed by atoms with Crippen molar-refractivity contribution in [3.05, 3.63) is 54.4 Å². The lowest BCUT2D eigenvalue weighted by atomic mass is 10.1. The molecule has 9 heteroatoms. The summed E-state index contributed by atoms with van der Waals surface area (Å²) in [5.41, 5.74) is 0.573. The van der Waals surface area contributed by atoms with Gasteiger partial charge in [-0.25, -0.2) is 15.0 Å². The summed E-state index contributed by atoms with van der Waals surface area (Å²) < 4.78 is 13.7. The van der Waals surface area contributed by atoms with E-state index < -0.39 is 0 Å². The fourth-order valence-electron chi connectivity index (χ4n) is 3.98. The van der Waals surface area contributed by atoms with Crippen molar-refractivity contribution in [3.8, 4) is 17.4 Å². The molecule has 0 N–H and O–H groups in total. The number of aromatic nitrogens is 5.